The lowest BCUT2D eigenvalue weighted by molar-refractivity contribution is 0.0568. The molecule has 1 aromatic carbocycles. The van der Waals surface area contributed by atoms with Gasteiger partial charge >= 0.3 is 6.09 Å². The van der Waals surface area contributed by atoms with Crippen molar-refractivity contribution in [1.82, 2.24) is 9.97 Å². The quantitative estimate of drug-likeness (QED) is 0.746. The highest BCUT2D eigenvalue weighted by Crippen LogP contribution is 2.36. The predicted molar refractivity (Wildman–Crippen MR) is 108 cm³/mol. The van der Waals surface area contributed by atoms with Crippen LogP contribution in [0.25, 0.3) is 0 Å². The first-order valence-corrected chi connectivity index (χ1v) is 9.40. The van der Waals surface area contributed by atoms with Crippen LogP contribution < -0.4 is 9.80 Å². The predicted octanol–water partition coefficient (Wildman–Crippen LogP) is 3.97. The molecule has 7 heteroatoms. The second kappa shape index (κ2) is 7.58. The van der Waals surface area contributed by atoms with Gasteiger partial charge in [-0.1, -0.05) is 12.1 Å². The summed E-state index contributed by atoms with van der Waals surface area (Å²) in [5.74, 6) is 0.328. The van der Waals surface area contributed by atoms with Gasteiger partial charge in [0, 0.05) is 18.8 Å². The minimum absolute atomic E-state index is 0.124. The van der Waals surface area contributed by atoms with Crippen LogP contribution >= 0.6 is 0 Å². The summed E-state index contributed by atoms with van der Waals surface area (Å²) in [7, 11) is 0. The minimum Gasteiger partial charge on any atom is -0.443 e. The summed E-state index contributed by atoms with van der Waals surface area (Å²) < 4.78 is 5.62. The number of amides is 2. The SMILES string of the molecule is Cc1nccc(C(=O)N2CC[C@H](C)N(C(=O)OC(C)(C)C)c3ccccc32)n1. The second-order valence-corrected chi connectivity index (χ2v) is 7.92. The molecule has 0 saturated heterocycles. The summed E-state index contributed by atoms with van der Waals surface area (Å²) in [6.07, 6.45) is 1.78. The highest BCUT2D eigenvalue weighted by molar-refractivity contribution is 6.08. The maximum Gasteiger partial charge on any atom is 0.415 e. The standard InChI is InChI=1S/C21H26N4O3/c1-14-11-13-24(19(26)16-10-12-22-15(2)23-16)17-8-6-7-9-18(17)25(14)20(27)28-21(3,4)5/h6-10,12,14H,11,13H2,1-5H3/t14-/m0/s1. The monoisotopic (exact) mass is 382 g/mol. The normalized spacial score (nSPS) is 17.0. The van der Waals surface area contributed by atoms with E-state index in [9.17, 15) is 9.59 Å². The van der Waals surface area contributed by atoms with Gasteiger partial charge in [-0.25, -0.2) is 14.8 Å². The van der Waals surface area contributed by atoms with E-state index in [0.717, 1.165) is 0 Å². The Morgan fingerprint density at radius 3 is 2.46 bits per heavy atom. The smallest absolute Gasteiger partial charge is 0.415 e. The molecule has 148 valence electrons. The molecule has 0 spiro atoms. The lowest BCUT2D eigenvalue weighted by Crippen LogP contribution is -2.42. The number of carbonyl (C=O) groups excluding carboxylic acids is 2. The lowest BCUT2D eigenvalue weighted by Gasteiger charge is -2.31. The second-order valence-electron chi connectivity index (χ2n) is 7.92. The fraction of sp³-hybridized carbons (Fsp3) is 0.429. The molecule has 0 unspecified atom stereocenters. The highest BCUT2D eigenvalue weighted by atomic mass is 16.6. The van der Waals surface area contributed by atoms with Crippen molar-refractivity contribution in [2.24, 2.45) is 0 Å². The number of rotatable bonds is 1. The molecule has 0 saturated carbocycles. The third-order valence-corrected chi connectivity index (χ3v) is 4.47. The molecule has 0 fully saturated rings. The summed E-state index contributed by atoms with van der Waals surface area (Å²) in [4.78, 5) is 37.7. The molecule has 0 N–H and O–H groups in total. The Kier molecular flexibility index (Phi) is 5.36. The van der Waals surface area contributed by atoms with Gasteiger partial charge in [0.25, 0.3) is 5.91 Å². The number of hydrogen-bond acceptors (Lipinski definition) is 5. The van der Waals surface area contributed by atoms with E-state index in [1.807, 2.05) is 52.0 Å². The van der Waals surface area contributed by atoms with E-state index in [1.165, 1.54) is 0 Å². The zero-order chi connectivity index (χ0) is 20.5. The van der Waals surface area contributed by atoms with E-state index in [4.69, 9.17) is 4.74 Å². The summed E-state index contributed by atoms with van der Waals surface area (Å²) >= 11 is 0. The molecule has 28 heavy (non-hydrogen) atoms. The van der Waals surface area contributed by atoms with Crippen molar-refractivity contribution < 1.29 is 14.3 Å². The van der Waals surface area contributed by atoms with Gasteiger partial charge in [0.05, 0.1) is 11.4 Å². The van der Waals surface area contributed by atoms with Gasteiger partial charge in [-0.05, 0) is 59.2 Å². The van der Waals surface area contributed by atoms with Crippen molar-refractivity contribution >= 4 is 23.4 Å². The summed E-state index contributed by atoms with van der Waals surface area (Å²) in [6.45, 7) is 9.70. The van der Waals surface area contributed by atoms with Crippen molar-refractivity contribution in [2.45, 2.75) is 52.7 Å². The molecule has 0 bridgehead atoms. The molecule has 0 aliphatic carbocycles. The van der Waals surface area contributed by atoms with Crippen molar-refractivity contribution in [3.8, 4) is 0 Å². The Bertz CT molecular complexity index is 891. The molecule has 1 atom stereocenters. The first-order valence-electron chi connectivity index (χ1n) is 9.40. The van der Waals surface area contributed by atoms with Crippen LogP contribution in [0.4, 0.5) is 16.2 Å². The van der Waals surface area contributed by atoms with Crippen LogP contribution in [0.1, 0.15) is 50.4 Å². The number of benzene rings is 1. The molecular weight excluding hydrogens is 356 g/mol. The molecule has 2 heterocycles. The van der Waals surface area contributed by atoms with E-state index < -0.39 is 11.7 Å². The van der Waals surface area contributed by atoms with Crippen LogP contribution in [-0.2, 0) is 4.74 Å². The van der Waals surface area contributed by atoms with Gasteiger partial charge in [-0.15, -0.1) is 0 Å². The Morgan fingerprint density at radius 2 is 1.82 bits per heavy atom. The van der Waals surface area contributed by atoms with E-state index in [-0.39, 0.29) is 11.9 Å². The number of aryl methyl sites for hydroxylation is 1. The summed E-state index contributed by atoms with van der Waals surface area (Å²) in [6, 6.07) is 8.88. The number of fused-ring (bicyclic) bond motifs is 1. The van der Waals surface area contributed by atoms with E-state index in [0.29, 0.717) is 35.9 Å². The zero-order valence-electron chi connectivity index (χ0n) is 17.0. The van der Waals surface area contributed by atoms with Gasteiger partial charge < -0.3 is 9.64 Å². The third-order valence-electron chi connectivity index (χ3n) is 4.47. The van der Waals surface area contributed by atoms with Crippen LogP contribution in [0.15, 0.2) is 36.5 Å². The van der Waals surface area contributed by atoms with Gasteiger partial charge in [0.15, 0.2) is 0 Å². The number of nitrogens with zero attached hydrogens (tertiary/aromatic N) is 4. The first kappa shape index (κ1) is 19.8. The van der Waals surface area contributed by atoms with Crippen molar-refractivity contribution in [1.29, 1.82) is 0 Å². The first-order chi connectivity index (χ1) is 13.2. The lowest BCUT2D eigenvalue weighted by atomic mass is 10.2. The molecular formula is C21H26N4O3. The molecule has 1 aromatic heterocycles. The maximum atomic E-state index is 13.2. The van der Waals surface area contributed by atoms with E-state index in [1.54, 1.807) is 29.0 Å². The number of para-hydroxylation sites is 2. The summed E-state index contributed by atoms with van der Waals surface area (Å²) in [5, 5.41) is 0. The summed E-state index contributed by atoms with van der Waals surface area (Å²) in [5.41, 5.74) is 1.05. The molecule has 1 aliphatic heterocycles. The number of hydrogen-bond donors (Lipinski definition) is 0. The molecule has 3 rings (SSSR count). The van der Waals surface area contributed by atoms with Gasteiger partial charge in [0.2, 0.25) is 0 Å². The largest absolute Gasteiger partial charge is 0.443 e. The Labute approximate surface area is 165 Å². The van der Waals surface area contributed by atoms with Crippen molar-refractivity contribution in [3.05, 3.63) is 48.0 Å². The van der Waals surface area contributed by atoms with Crippen LogP contribution in [0.3, 0.4) is 0 Å². The minimum atomic E-state index is -0.605. The number of anilines is 2. The molecule has 2 aromatic rings. The zero-order valence-corrected chi connectivity index (χ0v) is 17.0. The van der Waals surface area contributed by atoms with Crippen molar-refractivity contribution in [3.63, 3.8) is 0 Å². The van der Waals surface area contributed by atoms with Crippen LogP contribution in [0, 0.1) is 6.92 Å². The average Bonchev–Trinajstić information content (AvgIpc) is 2.75. The highest BCUT2D eigenvalue weighted by Gasteiger charge is 2.34. The van der Waals surface area contributed by atoms with Gasteiger partial charge in [0.1, 0.15) is 17.1 Å². The Balaban J connectivity index is 2.02. The molecule has 0 radical (unpaired) electrons. The molecule has 2 amide bonds. The Hall–Kier alpha value is -2.96. The fourth-order valence-electron chi connectivity index (χ4n) is 3.21. The third kappa shape index (κ3) is 4.13. The number of ether oxygens (including phenoxy) is 1. The van der Waals surface area contributed by atoms with Crippen LogP contribution in [-0.4, -0.2) is 40.2 Å². The van der Waals surface area contributed by atoms with E-state index in [2.05, 4.69) is 9.97 Å². The Morgan fingerprint density at radius 1 is 1.14 bits per heavy atom. The number of aromatic nitrogens is 2. The topological polar surface area (TPSA) is 75.6 Å². The van der Waals surface area contributed by atoms with Crippen molar-refractivity contribution in [2.75, 3.05) is 16.3 Å². The fourth-order valence-corrected chi connectivity index (χ4v) is 3.21. The van der Waals surface area contributed by atoms with Crippen LogP contribution in [0.2, 0.25) is 0 Å². The van der Waals surface area contributed by atoms with Gasteiger partial charge in [-0.3, -0.25) is 9.69 Å². The van der Waals surface area contributed by atoms with Crippen LogP contribution in [0.5, 0.6) is 0 Å². The van der Waals surface area contributed by atoms with E-state index >= 15 is 0 Å². The average molecular weight is 382 g/mol. The molecule has 1 aliphatic rings. The maximum absolute atomic E-state index is 13.2. The van der Waals surface area contributed by atoms with Gasteiger partial charge in [-0.2, -0.15) is 0 Å². The molecule has 7 nitrogen and oxygen atoms in total. The number of carbonyl (C=O) groups is 2.